The zero-order chi connectivity index (χ0) is 11.4. The molecule has 1 aromatic carbocycles. The fourth-order valence-corrected chi connectivity index (χ4v) is 2.36. The fourth-order valence-electron chi connectivity index (χ4n) is 2.36. The van der Waals surface area contributed by atoms with Crippen LogP contribution in [0.5, 0.6) is 0 Å². The number of anilines is 1. The van der Waals surface area contributed by atoms with E-state index >= 15 is 0 Å². The zero-order valence-corrected chi connectivity index (χ0v) is 9.93. The molecule has 1 aliphatic rings. The summed E-state index contributed by atoms with van der Waals surface area (Å²) in [5.74, 6) is -0.107. The van der Waals surface area contributed by atoms with Crippen molar-refractivity contribution in [1.82, 2.24) is 0 Å². The van der Waals surface area contributed by atoms with Crippen molar-refractivity contribution in [2.75, 3.05) is 5.32 Å². The molecule has 1 N–H and O–H groups in total. The molecule has 0 radical (unpaired) electrons. The predicted molar refractivity (Wildman–Crippen MR) is 66.3 cm³/mol. The van der Waals surface area contributed by atoms with Gasteiger partial charge in [0.05, 0.1) is 5.69 Å². The van der Waals surface area contributed by atoms with Gasteiger partial charge >= 0.3 is 0 Å². The lowest BCUT2D eigenvalue weighted by molar-refractivity contribution is 0.460. The molecule has 0 atom stereocenters. The van der Waals surface area contributed by atoms with Crippen LogP contribution in [0.15, 0.2) is 18.2 Å². The molecule has 1 fully saturated rings. The second-order valence-corrected chi connectivity index (χ2v) is 4.65. The quantitative estimate of drug-likeness (QED) is 0.809. The zero-order valence-electron chi connectivity index (χ0n) is 9.93. The summed E-state index contributed by atoms with van der Waals surface area (Å²) in [5, 5.41) is 3.33. The summed E-state index contributed by atoms with van der Waals surface area (Å²) in [6.07, 6.45) is 7.11. The Bertz CT molecular complexity index is 343. The van der Waals surface area contributed by atoms with Crippen molar-refractivity contribution in [3.05, 3.63) is 29.6 Å². The lowest BCUT2D eigenvalue weighted by Gasteiger charge is -2.24. The van der Waals surface area contributed by atoms with Crippen LogP contribution in [0.1, 0.15) is 44.6 Å². The second kappa shape index (κ2) is 5.33. The molecule has 1 aliphatic carbocycles. The molecular weight excluding hydrogens is 201 g/mol. The van der Waals surface area contributed by atoms with Gasteiger partial charge in [0, 0.05) is 6.04 Å². The van der Waals surface area contributed by atoms with Crippen LogP contribution in [-0.2, 0) is 6.42 Å². The van der Waals surface area contributed by atoms with E-state index in [4.69, 9.17) is 0 Å². The first-order valence-corrected chi connectivity index (χ1v) is 6.34. The normalized spacial score (nSPS) is 17.4. The molecule has 0 heterocycles. The van der Waals surface area contributed by atoms with Gasteiger partial charge in [-0.3, -0.25) is 0 Å². The first-order chi connectivity index (χ1) is 7.79. The molecule has 0 saturated heterocycles. The lowest BCUT2D eigenvalue weighted by Crippen LogP contribution is -2.22. The van der Waals surface area contributed by atoms with Crippen LogP contribution in [0.4, 0.5) is 10.1 Å². The molecule has 0 amide bonds. The van der Waals surface area contributed by atoms with Crippen molar-refractivity contribution in [2.24, 2.45) is 0 Å². The Balaban J connectivity index is 2.03. The molecule has 1 aromatic rings. The number of benzene rings is 1. The summed E-state index contributed by atoms with van der Waals surface area (Å²) in [4.78, 5) is 0. The van der Waals surface area contributed by atoms with Crippen LogP contribution in [0.2, 0.25) is 0 Å². The van der Waals surface area contributed by atoms with Crippen LogP contribution >= 0.6 is 0 Å². The minimum absolute atomic E-state index is 0.107. The average Bonchev–Trinajstić information content (AvgIpc) is 2.33. The molecule has 16 heavy (non-hydrogen) atoms. The van der Waals surface area contributed by atoms with Gasteiger partial charge in [0.15, 0.2) is 0 Å². The van der Waals surface area contributed by atoms with E-state index in [2.05, 4.69) is 5.32 Å². The summed E-state index contributed by atoms with van der Waals surface area (Å²) in [7, 11) is 0. The highest BCUT2D eigenvalue weighted by atomic mass is 19.1. The van der Waals surface area contributed by atoms with Crippen LogP contribution in [0.25, 0.3) is 0 Å². The highest BCUT2D eigenvalue weighted by Crippen LogP contribution is 2.23. The van der Waals surface area contributed by atoms with Gasteiger partial charge in [-0.25, -0.2) is 4.39 Å². The van der Waals surface area contributed by atoms with Crippen molar-refractivity contribution in [2.45, 2.75) is 51.5 Å². The summed E-state index contributed by atoms with van der Waals surface area (Å²) < 4.78 is 13.7. The number of hydrogen-bond donors (Lipinski definition) is 1. The SMILES string of the molecule is CCc1ccc(NC2CCCCC2)c(F)c1. The molecule has 0 aromatic heterocycles. The third-order valence-electron chi connectivity index (χ3n) is 3.41. The van der Waals surface area contributed by atoms with E-state index in [0.717, 1.165) is 12.0 Å². The van der Waals surface area contributed by atoms with E-state index < -0.39 is 0 Å². The third-order valence-corrected chi connectivity index (χ3v) is 3.41. The summed E-state index contributed by atoms with van der Waals surface area (Å²) >= 11 is 0. The van der Waals surface area contributed by atoms with Gasteiger partial charge in [-0.15, -0.1) is 0 Å². The van der Waals surface area contributed by atoms with Gasteiger partial charge in [0.25, 0.3) is 0 Å². The Hall–Kier alpha value is -1.05. The van der Waals surface area contributed by atoms with Crippen LogP contribution < -0.4 is 5.32 Å². The van der Waals surface area contributed by atoms with E-state index in [1.165, 1.54) is 32.1 Å². The van der Waals surface area contributed by atoms with Gasteiger partial charge in [0.1, 0.15) is 5.82 Å². The number of hydrogen-bond acceptors (Lipinski definition) is 1. The monoisotopic (exact) mass is 221 g/mol. The van der Waals surface area contributed by atoms with Gasteiger partial charge in [0.2, 0.25) is 0 Å². The van der Waals surface area contributed by atoms with Gasteiger partial charge in [-0.1, -0.05) is 32.3 Å². The van der Waals surface area contributed by atoms with E-state index in [-0.39, 0.29) is 5.82 Å². The summed E-state index contributed by atoms with van der Waals surface area (Å²) in [6.45, 7) is 2.04. The third kappa shape index (κ3) is 2.75. The van der Waals surface area contributed by atoms with Crippen molar-refractivity contribution in [3.8, 4) is 0 Å². The molecule has 0 spiro atoms. The van der Waals surface area contributed by atoms with Gasteiger partial charge < -0.3 is 5.32 Å². The Morgan fingerprint density at radius 3 is 2.62 bits per heavy atom. The van der Waals surface area contributed by atoms with Crippen LogP contribution in [-0.4, -0.2) is 6.04 Å². The number of halogens is 1. The predicted octanol–water partition coefficient (Wildman–Crippen LogP) is 4.13. The van der Waals surface area contributed by atoms with E-state index in [9.17, 15) is 4.39 Å². The van der Waals surface area contributed by atoms with E-state index in [1.54, 1.807) is 6.07 Å². The number of aryl methyl sites for hydroxylation is 1. The number of nitrogens with one attached hydrogen (secondary N) is 1. The van der Waals surface area contributed by atoms with Crippen molar-refractivity contribution in [3.63, 3.8) is 0 Å². The molecule has 88 valence electrons. The van der Waals surface area contributed by atoms with Gasteiger partial charge in [-0.05, 0) is 37.0 Å². The highest BCUT2D eigenvalue weighted by molar-refractivity contribution is 5.47. The van der Waals surface area contributed by atoms with E-state index in [1.807, 2.05) is 19.1 Å². The highest BCUT2D eigenvalue weighted by Gasteiger charge is 2.14. The average molecular weight is 221 g/mol. The minimum Gasteiger partial charge on any atom is -0.380 e. The maximum atomic E-state index is 13.7. The molecule has 1 saturated carbocycles. The Morgan fingerprint density at radius 2 is 2.00 bits per heavy atom. The minimum atomic E-state index is -0.107. The molecule has 0 bridgehead atoms. The first-order valence-electron chi connectivity index (χ1n) is 6.34. The van der Waals surface area contributed by atoms with Crippen LogP contribution in [0, 0.1) is 5.82 Å². The molecule has 0 unspecified atom stereocenters. The molecular formula is C14H20FN. The Kier molecular flexibility index (Phi) is 3.81. The Labute approximate surface area is 97.1 Å². The molecule has 2 heteroatoms. The molecule has 2 rings (SSSR count). The molecule has 1 nitrogen and oxygen atoms in total. The second-order valence-electron chi connectivity index (χ2n) is 4.65. The molecule has 0 aliphatic heterocycles. The topological polar surface area (TPSA) is 12.0 Å². The standard InChI is InChI=1S/C14H20FN/c1-2-11-8-9-14(13(15)10-11)16-12-6-4-3-5-7-12/h8-10,12,16H,2-7H2,1H3. The smallest absolute Gasteiger partial charge is 0.146 e. The van der Waals surface area contributed by atoms with E-state index in [0.29, 0.717) is 11.7 Å². The van der Waals surface area contributed by atoms with Crippen LogP contribution in [0.3, 0.4) is 0 Å². The van der Waals surface area contributed by atoms with Crippen molar-refractivity contribution in [1.29, 1.82) is 0 Å². The summed E-state index contributed by atoms with van der Waals surface area (Å²) in [5.41, 5.74) is 1.73. The van der Waals surface area contributed by atoms with Gasteiger partial charge in [-0.2, -0.15) is 0 Å². The Morgan fingerprint density at radius 1 is 1.25 bits per heavy atom. The van der Waals surface area contributed by atoms with Crippen molar-refractivity contribution >= 4 is 5.69 Å². The van der Waals surface area contributed by atoms with Crippen molar-refractivity contribution < 1.29 is 4.39 Å². The lowest BCUT2D eigenvalue weighted by atomic mass is 9.95. The maximum absolute atomic E-state index is 13.7. The fraction of sp³-hybridized carbons (Fsp3) is 0.571. The first kappa shape index (κ1) is 11.4. The largest absolute Gasteiger partial charge is 0.380 e. The number of rotatable bonds is 3. The maximum Gasteiger partial charge on any atom is 0.146 e. The summed E-state index contributed by atoms with van der Waals surface area (Å²) in [6, 6.07) is 6.00.